The van der Waals surface area contributed by atoms with Crippen LogP contribution < -0.4 is 5.32 Å². The highest BCUT2D eigenvalue weighted by atomic mass is 16.5. The second-order valence-electron chi connectivity index (χ2n) is 5.41. The van der Waals surface area contributed by atoms with E-state index in [1.807, 2.05) is 61.5 Å². The maximum absolute atomic E-state index is 12.3. The van der Waals surface area contributed by atoms with Crippen LogP contribution in [0.4, 0.5) is 5.82 Å². The monoisotopic (exact) mass is 321 g/mol. The molecule has 122 valence electrons. The Labute approximate surface area is 140 Å². The molecule has 0 saturated carbocycles. The summed E-state index contributed by atoms with van der Waals surface area (Å²) in [7, 11) is 0. The Kier molecular flexibility index (Phi) is 4.70. The lowest BCUT2D eigenvalue weighted by molar-refractivity contribution is 0.0520. The number of nitrogens with one attached hydrogen (secondary N) is 1. The van der Waals surface area contributed by atoms with Crippen LogP contribution in [0.1, 0.15) is 35.9 Å². The Hall–Kier alpha value is -2.95. The van der Waals surface area contributed by atoms with Crippen LogP contribution >= 0.6 is 0 Å². The minimum absolute atomic E-state index is 0.0187. The van der Waals surface area contributed by atoms with Crippen LogP contribution in [0.5, 0.6) is 0 Å². The van der Waals surface area contributed by atoms with Gasteiger partial charge < -0.3 is 10.1 Å². The van der Waals surface area contributed by atoms with Gasteiger partial charge in [0.15, 0.2) is 11.5 Å². The number of rotatable bonds is 5. The first kappa shape index (κ1) is 15.9. The molecule has 0 bridgehead atoms. The zero-order chi connectivity index (χ0) is 16.9. The Bertz CT molecular complexity index is 850. The van der Waals surface area contributed by atoms with Crippen molar-refractivity contribution in [2.24, 2.45) is 0 Å². The summed E-state index contributed by atoms with van der Waals surface area (Å²) in [6, 6.07) is 17.4. The van der Waals surface area contributed by atoms with Crippen molar-refractivity contribution in [2.75, 3.05) is 11.9 Å². The number of hydrogen-bond acceptors (Lipinski definition) is 5. The van der Waals surface area contributed by atoms with E-state index in [1.165, 1.54) is 0 Å². The molecule has 1 atom stereocenters. The second-order valence-corrected chi connectivity index (χ2v) is 5.41. The molecular formula is C19H19N3O2. The predicted octanol–water partition coefficient (Wildman–Crippen LogP) is 3.98. The molecule has 5 nitrogen and oxygen atoms in total. The van der Waals surface area contributed by atoms with Crippen LogP contribution in [0, 0.1) is 0 Å². The van der Waals surface area contributed by atoms with Gasteiger partial charge in [0.1, 0.15) is 0 Å². The van der Waals surface area contributed by atoms with Crippen molar-refractivity contribution < 1.29 is 9.53 Å². The minimum Gasteiger partial charge on any atom is -0.461 e. The number of para-hydroxylation sites is 2. The van der Waals surface area contributed by atoms with Crippen LogP contribution in [-0.4, -0.2) is 22.5 Å². The van der Waals surface area contributed by atoms with E-state index in [1.54, 1.807) is 6.92 Å². The molecule has 2 aromatic carbocycles. The summed E-state index contributed by atoms with van der Waals surface area (Å²) in [6.45, 7) is 4.08. The number of aromatic nitrogens is 2. The van der Waals surface area contributed by atoms with E-state index in [0.29, 0.717) is 17.9 Å². The average molecular weight is 321 g/mol. The average Bonchev–Trinajstić information content (AvgIpc) is 2.62. The van der Waals surface area contributed by atoms with Crippen LogP contribution in [0.25, 0.3) is 11.0 Å². The predicted molar refractivity (Wildman–Crippen MR) is 94.0 cm³/mol. The summed E-state index contributed by atoms with van der Waals surface area (Å²) in [4.78, 5) is 21.3. The molecule has 5 heteroatoms. The molecule has 0 spiro atoms. The van der Waals surface area contributed by atoms with Gasteiger partial charge in [-0.15, -0.1) is 0 Å². The number of carbonyl (C=O) groups excluding carboxylic acids is 1. The maximum Gasteiger partial charge on any atom is 0.360 e. The van der Waals surface area contributed by atoms with Crippen LogP contribution in [0.3, 0.4) is 0 Å². The Balaban J connectivity index is 2.00. The largest absolute Gasteiger partial charge is 0.461 e. The Morgan fingerprint density at radius 2 is 1.67 bits per heavy atom. The van der Waals surface area contributed by atoms with Crippen LogP contribution in [-0.2, 0) is 4.74 Å². The van der Waals surface area contributed by atoms with Crippen LogP contribution in [0.15, 0.2) is 54.6 Å². The lowest BCUT2D eigenvalue weighted by Gasteiger charge is -2.17. The number of anilines is 1. The molecule has 0 aliphatic rings. The highest BCUT2D eigenvalue weighted by molar-refractivity contribution is 5.95. The number of hydrogen-bond donors (Lipinski definition) is 1. The quantitative estimate of drug-likeness (QED) is 0.720. The molecule has 0 aliphatic carbocycles. The topological polar surface area (TPSA) is 64.1 Å². The third-order valence-corrected chi connectivity index (χ3v) is 3.69. The molecule has 24 heavy (non-hydrogen) atoms. The van der Waals surface area contributed by atoms with Crippen molar-refractivity contribution in [3.63, 3.8) is 0 Å². The highest BCUT2D eigenvalue weighted by Gasteiger charge is 2.19. The van der Waals surface area contributed by atoms with E-state index in [9.17, 15) is 4.79 Å². The molecule has 1 heterocycles. The van der Waals surface area contributed by atoms with Gasteiger partial charge >= 0.3 is 5.97 Å². The van der Waals surface area contributed by atoms with E-state index >= 15 is 0 Å². The summed E-state index contributed by atoms with van der Waals surface area (Å²) >= 11 is 0. The molecule has 0 radical (unpaired) electrons. The second kappa shape index (κ2) is 7.08. The van der Waals surface area contributed by atoms with Gasteiger partial charge in [-0.25, -0.2) is 14.8 Å². The molecule has 0 saturated heterocycles. The molecule has 3 rings (SSSR count). The lowest BCUT2D eigenvalue weighted by atomic mass is 10.1. The fourth-order valence-electron chi connectivity index (χ4n) is 2.47. The first-order valence-electron chi connectivity index (χ1n) is 7.94. The summed E-state index contributed by atoms with van der Waals surface area (Å²) in [6.07, 6.45) is 0. The molecule has 1 aromatic heterocycles. The van der Waals surface area contributed by atoms with E-state index in [4.69, 9.17) is 4.74 Å². The van der Waals surface area contributed by atoms with Gasteiger partial charge in [0.05, 0.1) is 23.7 Å². The van der Waals surface area contributed by atoms with E-state index < -0.39 is 5.97 Å². The molecular weight excluding hydrogens is 302 g/mol. The van der Waals surface area contributed by atoms with Crippen molar-refractivity contribution in [1.82, 2.24) is 9.97 Å². The zero-order valence-corrected chi connectivity index (χ0v) is 13.7. The molecule has 0 amide bonds. The maximum atomic E-state index is 12.3. The summed E-state index contributed by atoms with van der Waals surface area (Å²) in [5.41, 5.74) is 2.70. The van der Waals surface area contributed by atoms with Gasteiger partial charge in [-0.05, 0) is 31.5 Å². The van der Waals surface area contributed by atoms with Crippen molar-refractivity contribution >= 4 is 22.8 Å². The van der Waals surface area contributed by atoms with Gasteiger partial charge in [-0.3, -0.25) is 0 Å². The molecule has 0 aliphatic heterocycles. The third-order valence-electron chi connectivity index (χ3n) is 3.69. The molecule has 0 fully saturated rings. The van der Waals surface area contributed by atoms with Crippen molar-refractivity contribution in [2.45, 2.75) is 19.9 Å². The number of ether oxygens (including phenoxy) is 1. The number of nitrogens with zero attached hydrogens (tertiary/aromatic N) is 2. The number of carbonyl (C=O) groups is 1. The van der Waals surface area contributed by atoms with E-state index in [0.717, 1.165) is 11.1 Å². The normalized spacial score (nSPS) is 11.9. The standard InChI is InChI=1S/C19H19N3O2/c1-3-24-19(23)17-18(20-13(2)14-9-5-4-6-10-14)22-16-12-8-7-11-15(16)21-17/h4-13H,3H2,1-2H3,(H,20,22)/t13-/m0/s1. The van der Waals surface area contributed by atoms with Crippen LogP contribution in [0.2, 0.25) is 0 Å². The van der Waals surface area contributed by atoms with Crippen molar-refractivity contribution in [3.8, 4) is 0 Å². The summed E-state index contributed by atoms with van der Waals surface area (Å²) < 4.78 is 5.12. The fourth-order valence-corrected chi connectivity index (χ4v) is 2.47. The van der Waals surface area contributed by atoms with E-state index in [2.05, 4.69) is 15.3 Å². The number of benzene rings is 2. The fraction of sp³-hybridized carbons (Fsp3) is 0.211. The highest BCUT2D eigenvalue weighted by Crippen LogP contribution is 2.23. The van der Waals surface area contributed by atoms with Gasteiger partial charge in [-0.1, -0.05) is 42.5 Å². The van der Waals surface area contributed by atoms with Gasteiger partial charge in [0.25, 0.3) is 0 Å². The summed E-state index contributed by atoms with van der Waals surface area (Å²) in [5, 5.41) is 3.28. The van der Waals surface area contributed by atoms with Gasteiger partial charge in [-0.2, -0.15) is 0 Å². The first-order chi connectivity index (χ1) is 11.7. The lowest BCUT2D eigenvalue weighted by Crippen LogP contribution is -2.16. The zero-order valence-electron chi connectivity index (χ0n) is 13.7. The third kappa shape index (κ3) is 3.35. The Morgan fingerprint density at radius 3 is 2.33 bits per heavy atom. The SMILES string of the molecule is CCOC(=O)c1nc2ccccc2nc1N[C@@H](C)c1ccccc1. The molecule has 0 unspecified atom stereocenters. The first-order valence-corrected chi connectivity index (χ1v) is 7.94. The Morgan fingerprint density at radius 1 is 1.04 bits per heavy atom. The minimum atomic E-state index is -0.474. The van der Waals surface area contributed by atoms with Crippen molar-refractivity contribution in [3.05, 3.63) is 65.9 Å². The van der Waals surface area contributed by atoms with Crippen molar-refractivity contribution in [1.29, 1.82) is 0 Å². The molecule has 1 N–H and O–H groups in total. The number of fused-ring (bicyclic) bond motifs is 1. The summed E-state index contributed by atoms with van der Waals surface area (Å²) in [5.74, 6) is -0.0398. The van der Waals surface area contributed by atoms with E-state index in [-0.39, 0.29) is 11.7 Å². The molecule has 3 aromatic rings. The smallest absolute Gasteiger partial charge is 0.360 e. The van der Waals surface area contributed by atoms with Gasteiger partial charge in [0, 0.05) is 0 Å². The van der Waals surface area contributed by atoms with Gasteiger partial charge in [0.2, 0.25) is 0 Å². The number of esters is 1.